The number of benzene rings is 2. The molecule has 0 radical (unpaired) electrons. The Bertz CT molecular complexity index is 1300. The summed E-state index contributed by atoms with van der Waals surface area (Å²) in [6.45, 7) is 3.73. The number of carbonyl (C=O) groups is 2. The summed E-state index contributed by atoms with van der Waals surface area (Å²) >= 11 is 6.08. The van der Waals surface area contributed by atoms with E-state index >= 15 is 0 Å². The van der Waals surface area contributed by atoms with Gasteiger partial charge in [-0.1, -0.05) is 35.9 Å². The van der Waals surface area contributed by atoms with Gasteiger partial charge < -0.3 is 10.6 Å². The second-order valence-corrected chi connectivity index (χ2v) is 8.40. The predicted molar refractivity (Wildman–Crippen MR) is 128 cm³/mol. The Morgan fingerprint density at radius 2 is 1.85 bits per heavy atom. The van der Waals surface area contributed by atoms with E-state index in [-0.39, 0.29) is 24.4 Å². The van der Waals surface area contributed by atoms with E-state index in [0.29, 0.717) is 17.0 Å². The number of amides is 2. The minimum Gasteiger partial charge on any atom is -0.350 e. The number of H-pyrrole nitrogens is 1. The second-order valence-electron chi connectivity index (χ2n) is 7.97. The number of carbonyl (C=O) groups excluding carboxylic acids is 2. The Morgan fingerprint density at radius 1 is 1.06 bits per heavy atom. The van der Waals surface area contributed by atoms with Gasteiger partial charge in [-0.15, -0.1) is 0 Å². The minimum atomic E-state index is -0.220. The smallest absolute Gasteiger partial charge is 0.253 e. The van der Waals surface area contributed by atoms with Crippen LogP contribution < -0.4 is 10.6 Å². The van der Waals surface area contributed by atoms with Gasteiger partial charge >= 0.3 is 0 Å². The number of nitrogens with one attached hydrogen (secondary N) is 3. The first-order valence-corrected chi connectivity index (χ1v) is 11.0. The number of fused-ring (bicyclic) bond motifs is 1. The lowest BCUT2D eigenvalue weighted by molar-refractivity contribution is -0.119. The molecule has 0 saturated carbocycles. The van der Waals surface area contributed by atoms with Gasteiger partial charge in [0.25, 0.3) is 5.91 Å². The van der Waals surface area contributed by atoms with E-state index in [1.807, 2.05) is 49.4 Å². The molecule has 4 aromatic rings. The van der Waals surface area contributed by atoms with E-state index in [1.165, 1.54) is 6.92 Å². The molecular formula is C25H24ClN5O2. The van der Waals surface area contributed by atoms with Gasteiger partial charge in [0, 0.05) is 29.7 Å². The van der Waals surface area contributed by atoms with E-state index in [9.17, 15) is 9.59 Å². The molecule has 0 aliphatic rings. The van der Waals surface area contributed by atoms with Crippen molar-refractivity contribution in [2.24, 2.45) is 0 Å². The fourth-order valence-corrected chi connectivity index (χ4v) is 3.87. The predicted octanol–water partition coefficient (Wildman–Crippen LogP) is 4.33. The average molecular weight is 462 g/mol. The number of rotatable bonds is 7. The molecule has 4 rings (SSSR count). The third-order valence-electron chi connectivity index (χ3n) is 5.39. The summed E-state index contributed by atoms with van der Waals surface area (Å²) in [6, 6.07) is 15.3. The standard InChI is InChI=1S/C25H24ClN5O2/c1-15(29-16(2)32)19-5-3-17(4-6-19)9-18-10-20(13-27-12-18)25(33)28-14-24-22-11-21(26)7-8-23(22)30-31-24/h3-8,10-13,15H,9,14H2,1-2H3,(H,28,33)(H,29,32)(H,30,31)/t15-/m1/s1. The summed E-state index contributed by atoms with van der Waals surface area (Å²) in [6.07, 6.45) is 3.95. The first kappa shape index (κ1) is 22.5. The van der Waals surface area contributed by atoms with Gasteiger partial charge in [0.05, 0.1) is 29.4 Å². The molecule has 2 amide bonds. The molecule has 0 aliphatic carbocycles. The van der Waals surface area contributed by atoms with Gasteiger partial charge in [-0.25, -0.2) is 0 Å². The van der Waals surface area contributed by atoms with Crippen LogP contribution in [0.3, 0.4) is 0 Å². The minimum absolute atomic E-state index is 0.0482. The third-order valence-corrected chi connectivity index (χ3v) is 5.62. The number of aromatic amines is 1. The maximum atomic E-state index is 12.7. The maximum absolute atomic E-state index is 12.7. The van der Waals surface area contributed by atoms with Crippen LogP contribution in [0.25, 0.3) is 10.9 Å². The zero-order valence-corrected chi connectivity index (χ0v) is 19.1. The molecule has 0 aliphatic heterocycles. The molecule has 0 unspecified atom stereocenters. The monoisotopic (exact) mass is 461 g/mol. The molecule has 0 saturated heterocycles. The fourth-order valence-electron chi connectivity index (χ4n) is 3.70. The van der Waals surface area contributed by atoms with Crippen molar-refractivity contribution >= 4 is 34.3 Å². The summed E-state index contributed by atoms with van der Waals surface area (Å²) in [4.78, 5) is 28.2. The number of hydrogen-bond donors (Lipinski definition) is 3. The first-order valence-electron chi connectivity index (χ1n) is 10.6. The molecule has 2 heterocycles. The van der Waals surface area contributed by atoms with Gasteiger partial charge in [0.15, 0.2) is 0 Å². The van der Waals surface area contributed by atoms with Gasteiger partial charge in [-0.05, 0) is 54.3 Å². The highest BCUT2D eigenvalue weighted by Gasteiger charge is 2.11. The Hall–Kier alpha value is -3.71. The van der Waals surface area contributed by atoms with Crippen molar-refractivity contribution in [1.82, 2.24) is 25.8 Å². The van der Waals surface area contributed by atoms with Crippen LogP contribution in [0.15, 0.2) is 60.9 Å². The third kappa shape index (κ3) is 5.56. The van der Waals surface area contributed by atoms with E-state index in [1.54, 1.807) is 18.5 Å². The maximum Gasteiger partial charge on any atom is 0.253 e. The zero-order chi connectivity index (χ0) is 23.4. The number of aromatic nitrogens is 3. The van der Waals surface area contributed by atoms with Crippen LogP contribution >= 0.6 is 11.6 Å². The molecule has 2 aromatic heterocycles. The molecule has 0 fully saturated rings. The summed E-state index contributed by atoms with van der Waals surface area (Å²) in [5.41, 5.74) is 5.13. The van der Waals surface area contributed by atoms with E-state index in [4.69, 9.17) is 11.6 Å². The average Bonchev–Trinajstić information content (AvgIpc) is 3.19. The fraction of sp³-hybridized carbons (Fsp3) is 0.200. The first-order chi connectivity index (χ1) is 15.9. The van der Waals surface area contributed by atoms with Crippen LogP contribution in [0.1, 0.15) is 52.6 Å². The lowest BCUT2D eigenvalue weighted by Gasteiger charge is -2.13. The van der Waals surface area contributed by atoms with Crippen LogP contribution in [0.2, 0.25) is 5.02 Å². The van der Waals surface area contributed by atoms with Gasteiger partial charge in [-0.3, -0.25) is 19.7 Å². The Morgan fingerprint density at radius 3 is 2.61 bits per heavy atom. The molecular weight excluding hydrogens is 438 g/mol. The highest BCUT2D eigenvalue weighted by atomic mass is 35.5. The van der Waals surface area contributed by atoms with Gasteiger partial charge in [-0.2, -0.15) is 5.10 Å². The van der Waals surface area contributed by atoms with E-state index < -0.39 is 0 Å². The Kier molecular flexibility index (Phi) is 6.70. The van der Waals surface area contributed by atoms with Crippen molar-refractivity contribution in [3.8, 4) is 0 Å². The van der Waals surface area contributed by atoms with Crippen LogP contribution in [0, 0.1) is 0 Å². The summed E-state index contributed by atoms with van der Waals surface area (Å²) in [5, 5.41) is 14.5. The van der Waals surface area contributed by atoms with E-state index in [0.717, 1.165) is 33.3 Å². The van der Waals surface area contributed by atoms with Crippen LogP contribution in [0.4, 0.5) is 0 Å². The van der Waals surface area contributed by atoms with Crippen molar-refractivity contribution in [2.75, 3.05) is 0 Å². The van der Waals surface area contributed by atoms with Crippen molar-refractivity contribution < 1.29 is 9.59 Å². The van der Waals surface area contributed by atoms with Crippen LogP contribution in [0.5, 0.6) is 0 Å². The van der Waals surface area contributed by atoms with Crippen molar-refractivity contribution in [2.45, 2.75) is 32.9 Å². The van der Waals surface area contributed by atoms with Gasteiger partial charge in [0.1, 0.15) is 0 Å². The SMILES string of the molecule is CC(=O)N[C@H](C)c1ccc(Cc2cncc(C(=O)NCc3n[nH]c4ccc(Cl)cc34)c2)cc1. The van der Waals surface area contributed by atoms with Crippen molar-refractivity contribution in [1.29, 1.82) is 0 Å². The quantitative estimate of drug-likeness (QED) is 0.381. The normalized spacial score (nSPS) is 11.8. The summed E-state index contributed by atoms with van der Waals surface area (Å²) in [7, 11) is 0. The molecule has 0 bridgehead atoms. The number of nitrogens with zero attached hydrogens (tertiary/aromatic N) is 2. The molecule has 7 nitrogen and oxygen atoms in total. The van der Waals surface area contributed by atoms with Crippen molar-refractivity contribution in [3.05, 3.63) is 93.9 Å². The topological polar surface area (TPSA) is 99.8 Å². The highest BCUT2D eigenvalue weighted by molar-refractivity contribution is 6.31. The largest absolute Gasteiger partial charge is 0.350 e. The molecule has 2 aromatic carbocycles. The molecule has 8 heteroatoms. The Balaban J connectivity index is 1.40. The molecule has 168 valence electrons. The van der Waals surface area contributed by atoms with Crippen LogP contribution in [-0.4, -0.2) is 27.0 Å². The second kappa shape index (κ2) is 9.83. The van der Waals surface area contributed by atoms with Crippen molar-refractivity contribution in [3.63, 3.8) is 0 Å². The lowest BCUT2D eigenvalue weighted by atomic mass is 10.0. The van der Waals surface area contributed by atoms with E-state index in [2.05, 4.69) is 25.8 Å². The Labute approximate surface area is 196 Å². The molecule has 33 heavy (non-hydrogen) atoms. The number of hydrogen-bond acceptors (Lipinski definition) is 4. The molecule has 0 spiro atoms. The highest BCUT2D eigenvalue weighted by Crippen LogP contribution is 2.21. The van der Waals surface area contributed by atoms with Gasteiger partial charge in [0.2, 0.25) is 5.91 Å². The van der Waals surface area contributed by atoms with Crippen LogP contribution in [-0.2, 0) is 17.8 Å². The molecule has 1 atom stereocenters. The summed E-state index contributed by atoms with van der Waals surface area (Å²) in [5.74, 6) is -0.279. The summed E-state index contributed by atoms with van der Waals surface area (Å²) < 4.78 is 0. The number of halogens is 1. The zero-order valence-electron chi connectivity index (χ0n) is 18.4. The lowest BCUT2D eigenvalue weighted by Crippen LogP contribution is -2.23. The molecule has 3 N–H and O–H groups in total. The number of pyridine rings is 1.